The van der Waals surface area contributed by atoms with E-state index in [-0.39, 0.29) is 5.84 Å². The minimum Gasteiger partial charge on any atom is -0.409 e. The molecular formula is C14H23N5O. The third-order valence-electron chi connectivity index (χ3n) is 3.81. The van der Waals surface area contributed by atoms with E-state index in [9.17, 15) is 0 Å². The zero-order chi connectivity index (χ0) is 14.5. The van der Waals surface area contributed by atoms with E-state index in [2.05, 4.69) is 20.0 Å². The van der Waals surface area contributed by atoms with Crippen molar-refractivity contribution < 1.29 is 5.21 Å². The van der Waals surface area contributed by atoms with Crippen molar-refractivity contribution in [2.45, 2.75) is 39.0 Å². The van der Waals surface area contributed by atoms with Crippen LogP contribution in [0, 0.1) is 12.8 Å². The fraction of sp³-hybridized carbons (Fsp3) is 0.643. The highest BCUT2D eigenvalue weighted by Crippen LogP contribution is 2.25. The smallest absolute Gasteiger partial charge is 0.225 e. The first-order valence-corrected chi connectivity index (χ1v) is 7.15. The van der Waals surface area contributed by atoms with E-state index in [4.69, 9.17) is 10.9 Å². The lowest BCUT2D eigenvalue weighted by molar-refractivity contribution is 0.318. The summed E-state index contributed by atoms with van der Waals surface area (Å²) in [7, 11) is 2.00. The fourth-order valence-electron chi connectivity index (χ4n) is 2.74. The molecule has 0 radical (unpaired) electrons. The summed E-state index contributed by atoms with van der Waals surface area (Å²) in [6.07, 6.45) is 6.56. The van der Waals surface area contributed by atoms with Gasteiger partial charge >= 0.3 is 0 Å². The minimum atomic E-state index is 0.0165. The molecule has 0 amide bonds. The summed E-state index contributed by atoms with van der Waals surface area (Å²) in [4.78, 5) is 10.9. The molecule has 1 saturated carbocycles. The fourth-order valence-corrected chi connectivity index (χ4v) is 2.74. The highest BCUT2D eigenvalue weighted by molar-refractivity contribution is 5.95. The quantitative estimate of drug-likeness (QED) is 0.380. The van der Waals surface area contributed by atoms with Crippen molar-refractivity contribution >= 4 is 11.8 Å². The van der Waals surface area contributed by atoms with Crippen LogP contribution in [0.2, 0.25) is 0 Å². The minimum absolute atomic E-state index is 0.0165. The van der Waals surface area contributed by atoms with Gasteiger partial charge in [-0.05, 0) is 31.7 Å². The molecule has 0 bridgehead atoms. The Hall–Kier alpha value is -1.85. The highest BCUT2D eigenvalue weighted by atomic mass is 16.4. The molecule has 6 heteroatoms. The lowest BCUT2D eigenvalue weighted by atomic mass is 9.89. The number of hydrogen-bond acceptors (Lipinski definition) is 5. The van der Waals surface area contributed by atoms with E-state index in [1.165, 1.54) is 32.1 Å². The van der Waals surface area contributed by atoms with Gasteiger partial charge < -0.3 is 15.8 Å². The van der Waals surface area contributed by atoms with Crippen molar-refractivity contribution in [3.05, 3.63) is 17.5 Å². The van der Waals surface area contributed by atoms with Crippen molar-refractivity contribution in [3.8, 4) is 0 Å². The number of hydrogen-bond donors (Lipinski definition) is 2. The van der Waals surface area contributed by atoms with Gasteiger partial charge in [0.05, 0.1) is 0 Å². The number of rotatable bonds is 4. The number of nitrogens with two attached hydrogens (primary N) is 1. The van der Waals surface area contributed by atoms with E-state index in [1.807, 2.05) is 14.0 Å². The maximum absolute atomic E-state index is 8.76. The number of anilines is 1. The van der Waals surface area contributed by atoms with Crippen LogP contribution in [-0.2, 0) is 0 Å². The SMILES string of the molecule is Cc1cc(/C(N)=N/O)nc(N(C)CC2CCCCC2)n1. The largest absolute Gasteiger partial charge is 0.409 e. The molecule has 0 saturated heterocycles. The number of aryl methyl sites for hydroxylation is 1. The van der Waals surface area contributed by atoms with Crippen molar-refractivity contribution in [1.29, 1.82) is 0 Å². The Morgan fingerprint density at radius 3 is 2.75 bits per heavy atom. The summed E-state index contributed by atoms with van der Waals surface area (Å²) in [5.74, 6) is 1.37. The lowest BCUT2D eigenvalue weighted by Gasteiger charge is -2.27. The summed E-state index contributed by atoms with van der Waals surface area (Å²) < 4.78 is 0. The van der Waals surface area contributed by atoms with E-state index in [0.29, 0.717) is 17.6 Å². The second-order valence-corrected chi connectivity index (χ2v) is 5.56. The second kappa shape index (κ2) is 6.54. The van der Waals surface area contributed by atoms with Gasteiger partial charge in [0.15, 0.2) is 5.84 Å². The maximum Gasteiger partial charge on any atom is 0.225 e. The highest BCUT2D eigenvalue weighted by Gasteiger charge is 2.17. The van der Waals surface area contributed by atoms with E-state index in [1.54, 1.807) is 6.07 Å². The van der Waals surface area contributed by atoms with Gasteiger partial charge in [-0.25, -0.2) is 9.97 Å². The molecule has 1 aromatic rings. The summed E-state index contributed by atoms with van der Waals surface area (Å²) >= 11 is 0. The third-order valence-corrected chi connectivity index (χ3v) is 3.81. The van der Waals surface area contributed by atoms with Crippen LogP contribution < -0.4 is 10.6 Å². The maximum atomic E-state index is 8.76. The second-order valence-electron chi connectivity index (χ2n) is 5.56. The van der Waals surface area contributed by atoms with Crippen LogP contribution in [0.4, 0.5) is 5.95 Å². The van der Waals surface area contributed by atoms with Gasteiger partial charge in [0, 0.05) is 19.3 Å². The molecule has 0 unspecified atom stereocenters. The molecule has 1 aliphatic rings. The van der Waals surface area contributed by atoms with Crippen LogP contribution in [0.1, 0.15) is 43.5 Å². The summed E-state index contributed by atoms with van der Waals surface area (Å²) in [6.45, 7) is 2.84. The van der Waals surface area contributed by atoms with Crippen LogP contribution in [0.3, 0.4) is 0 Å². The van der Waals surface area contributed by atoms with Crippen molar-refractivity contribution in [2.24, 2.45) is 16.8 Å². The van der Waals surface area contributed by atoms with Gasteiger partial charge in [-0.2, -0.15) is 0 Å². The first-order chi connectivity index (χ1) is 9.60. The third kappa shape index (κ3) is 3.59. The molecule has 110 valence electrons. The first kappa shape index (κ1) is 14.6. The lowest BCUT2D eigenvalue weighted by Crippen LogP contribution is -2.29. The summed E-state index contributed by atoms with van der Waals surface area (Å²) in [5.41, 5.74) is 6.88. The molecule has 1 heterocycles. The first-order valence-electron chi connectivity index (χ1n) is 7.15. The Balaban J connectivity index is 2.12. The number of aromatic nitrogens is 2. The zero-order valence-electron chi connectivity index (χ0n) is 12.2. The molecule has 6 nitrogen and oxygen atoms in total. The summed E-state index contributed by atoms with van der Waals surface area (Å²) in [5, 5.41) is 11.8. The summed E-state index contributed by atoms with van der Waals surface area (Å²) in [6, 6.07) is 1.72. The number of oxime groups is 1. The van der Waals surface area contributed by atoms with Crippen molar-refractivity contribution in [1.82, 2.24) is 9.97 Å². The Morgan fingerprint density at radius 1 is 1.40 bits per heavy atom. The Kier molecular flexibility index (Phi) is 4.76. The van der Waals surface area contributed by atoms with Gasteiger partial charge in [0.1, 0.15) is 5.69 Å². The standard InChI is InChI=1S/C14H23N5O/c1-10-8-12(13(15)18-20)17-14(16-10)19(2)9-11-6-4-3-5-7-11/h8,11,20H,3-7,9H2,1-2H3,(H2,15,18). The van der Waals surface area contributed by atoms with Gasteiger partial charge in [-0.15, -0.1) is 0 Å². The van der Waals surface area contributed by atoms with Crippen LogP contribution in [-0.4, -0.2) is 34.6 Å². The Morgan fingerprint density at radius 2 is 2.10 bits per heavy atom. The van der Waals surface area contributed by atoms with Gasteiger partial charge in [-0.1, -0.05) is 24.4 Å². The Labute approximate surface area is 119 Å². The monoisotopic (exact) mass is 277 g/mol. The van der Waals surface area contributed by atoms with Crippen LogP contribution in [0.5, 0.6) is 0 Å². The van der Waals surface area contributed by atoms with Crippen molar-refractivity contribution in [2.75, 3.05) is 18.5 Å². The normalized spacial score (nSPS) is 17.2. The number of nitrogens with zero attached hydrogens (tertiary/aromatic N) is 4. The van der Waals surface area contributed by atoms with E-state index >= 15 is 0 Å². The van der Waals surface area contributed by atoms with Gasteiger partial charge in [-0.3, -0.25) is 0 Å². The topological polar surface area (TPSA) is 87.6 Å². The molecule has 0 aliphatic heterocycles. The van der Waals surface area contributed by atoms with Crippen LogP contribution in [0.25, 0.3) is 0 Å². The molecular weight excluding hydrogens is 254 g/mol. The molecule has 0 aromatic carbocycles. The molecule has 1 fully saturated rings. The molecule has 1 aromatic heterocycles. The zero-order valence-corrected chi connectivity index (χ0v) is 12.2. The van der Waals surface area contributed by atoms with E-state index < -0.39 is 0 Å². The molecule has 1 aliphatic carbocycles. The van der Waals surface area contributed by atoms with Gasteiger partial charge in [0.2, 0.25) is 5.95 Å². The molecule has 3 N–H and O–H groups in total. The number of amidine groups is 1. The average molecular weight is 277 g/mol. The van der Waals surface area contributed by atoms with Crippen molar-refractivity contribution in [3.63, 3.8) is 0 Å². The molecule has 2 rings (SSSR count). The molecule has 0 atom stereocenters. The Bertz CT molecular complexity index is 482. The van der Waals surface area contributed by atoms with E-state index in [0.717, 1.165) is 12.2 Å². The molecule has 0 spiro atoms. The predicted molar refractivity (Wildman–Crippen MR) is 79.1 cm³/mol. The molecule has 20 heavy (non-hydrogen) atoms. The average Bonchev–Trinajstić information content (AvgIpc) is 2.46. The van der Waals surface area contributed by atoms with Gasteiger partial charge in [0.25, 0.3) is 0 Å². The van der Waals surface area contributed by atoms with Crippen LogP contribution in [0.15, 0.2) is 11.2 Å². The van der Waals surface area contributed by atoms with Crippen LogP contribution >= 0.6 is 0 Å². The predicted octanol–water partition coefficient (Wildman–Crippen LogP) is 1.90.